The third-order valence-electron chi connectivity index (χ3n) is 2.93. The lowest BCUT2D eigenvalue weighted by Gasteiger charge is -2.11. The molecule has 0 saturated carbocycles. The molecule has 2 aromatic carbocycles. The number of benzene rings is 2. The zero-order chi connectivity index (χ0) is 15.6. The van der Waals surface area contributed by atoms with E-state index in [9.17, 15) is 13.6 Å². The second kappa shape index (κ2) is 6.22. The number of hydrogen-bond donors (Lipinski definition) is 0. The van der Waals surface area contributed by atoms with Crippen LogP contribution in [0.3, 0.4) is 0 Å². The Morgan fingerprint density at radius 1 is 1.14 bits per heavy atom. The first-order valence-electron chi connectivity index (χ1n) is 6.36. The molecule has 2 nitrogen and oxygen atoms in total. The van der Waals surface area contributed by atoms with Crippen LogP contribution >= 0.6 is 11.6 Å². The molecular weight excluding hydrogens is 298 g/mol. The first kappa shape index (κ1) is 15.4. The van der Waals surface area contributed by atoms with Gasteiger partial charge in [-0.05, 0) is 38.1 Å². The summed E-state index contributed by atoms with van der Waals surface area (Å²) < 4.78 is 32.7. The summed E-state index contributed by atoms with van der Waals surface area (Å²) in [4.78, 5) is 12.4. The standard InChI is InChI=1S/C16H13ClF2O2/c1-3-21-15-5-4-9(2)6-11(15)16(20)10-7-14(19)12(17)8-13(10)18/h4-8H,3H2,1-2H3. The van der Waals surface area contributed by atoms with Gasteiger partial charge < -0.3 is 4.74 Å². The van der Waals surface area contributed by atoms with Gasteiger partial charge in [0.05, 0.1) is 22.8 Å². The Labute approximate surface area is 126 Å². The van der Waals surface area contributed by atoms with Gasteiger partial charge in [0, 0.05) is 0 Å². The van der Waals surface area contributed by atoms with Crippen molar-refractivity contribution in [3.8, 4) is 5.75 Å². The van der Waals surface area contributed by atoms with Crippen molar-refractivity contribution in [2.45, 2.75) is 13.8 Å². The van der Waals surface area contributed by atoms with Crippen LogP contribution in [0.4, 0.5) is 8.78 Å². The Kier molecular flexibility index (Phi) is 4.58. The van der Waals surface area contributed by atoms with Gasteiger partial charge in [-0.3, -0.25) is 4.79 Å². The maximum atomic E-state index is 13.9. The zero-order valence-corrected chi connectivity index (χ0v) is 12.3. The second-order valence-electron chi connectivity index (χ2n) is 4.51. The van der Waals surface area contributed by atoms with E-state index in [1.807, 2.05) is 0 Å². The van der Waals surface area contributed by atoms with Crippen LogP contribution in [0.5, 0.6) is 5.75 Å². The lowest BCUT2D eigenvalue weighted by Crippen LogP contribution is -2.08. The van der Waals surface area contributed by atoms with Gasteiger partial charge in [-0.25, -0.2) is 8.78 Å². The summed E-state index contributed by atoms with van der Waals surface area (Å²) in [6.45, 7) is 3.93. The fraction of sp³-hybridized carbons (Fsp3) is 0.188. The van der Waals surface area contributed by atoms with Crippen LogP contribution in [-0.4, -0.2) is 12.4 Å². The summed E-state index contributed by atoms with van der Waals surface area (Å²) in [6.07, 6.45) is 0. The molecule has 0 aliphatic heterocycles. The molecule has 2 aromatic rings. The largest absolute Gasteiger partial charge is 0.493 e. The molecule has 0 bridgehead atoms. The van der Waals surface area contributed by atoms with E-state index in [2.05, 4.69) is 0 Å². The van der Waals surface area contributed by atoms with Gasteiger partial charge in [-0.2, -0.15) is 0 Å². The van der Waals surface area contributed by atoms with Gasteiger partial charge in [0.2, 0.25) is 0 Å². The molecule has 0 radical (unpaired) electrons. The quantitative estimate of drug-likeness (QED) is 0.611. The monoisotopic (exact) mass is 310 g/mol. The summed E-state index contributed by atoms with van der Waals surface area (Å²) in [6, 6.07) is 6.59. The summed E-state index contributed by atoms with van der Waals surface area (Å²) >= 11 is 5.49. The Hall–Kier alpha value is -1.94. The first-order chi connectivity index (χ1) is 9.93. The Morgan fingerprint density at radius 2 is 1.86 bits per heavy atom. The zero-order valence-electron chi connectivity index (χ0n) is 11.5. The van der Waals surface area contributed by atoms with Crippen LogP contribution in [0.1, 0.15) is 28.4 Å². The average molecular weight is 311 g/mol. The fourth-order valence-electron chi connectivity index (χ4n) is 1.94. The Morgan fingerprint density at radius 3 is 2.52 bits per heavy atom. The number of ether oxygens (including phenoxy) is 1. The molecule has 5 heteroatoms. The number of halogens is 3. The molecule has 21 heavy (non-hydrogen) atoms. The van der Waals surface area contributed by atoms with E-state index in [1.54, 1.807) is 32.0 Å². The van der Waals surface area contributed by atoms with E-state index in [1.165, 1.54) is 0 Å². The number of ketones is 1. The van der Waals surface area contributed by atoms with Crippen molar-refractivity contribution >= 4 is 17.4 Å². The van der Waals surface area contributed by atoms with Crippen molar-refractivity contribution < 1.29 is 18.3 Å². The SMILES string of the molecule is CCOc1ccc(C)cc1C(=O)c1cc(F)c(Cl)cc1F. The normalized spacial score (nSPS) is 10.5. The van der Waals surface area contributed by atoms with Crippen LogP contribution in [0.15, 0.2) is 30.3 Å². The highest BCUT2D eigenvalue weighted by Crippen LogP contribution is 2.26. The second-order valence-corrected chi connectivity index (χ2v) is 4.92. The van der Waals surface area contributed by atoms with Gasteiger partial charge in [-0.15, -0.1) is 0 Å². The fourth-order valence-corrected chi connectivity index (χ4v) is 2.09. The van der Waals surface area contributed by atoms with Gasteiger partial charge in [0.25, 0.3) is 0 Å². The molecule has 0 amide bonds. The van der Waals surface area contributed by atoms with Crippen molar-refractivity contribution in [1.29, 1.82) is 0 Å². The molecule has 0 N–H and O–H groups in total. The summed E-state index contributed by atoms with van der Waals surface area (Å²) in [5, 5.41) is -0.363. The highest BCUT2D eigenvalue weighted by atomic mass is 35.5. The minimum absolute atomic E-state index is 0.192. The molecule has 0 unspecified atom stereocenters. The van der Waals surface area contributed by atoms with Crippen LogP contribution in [0.25, 0.3) is 0 Å². The maximum Gasteiger partial charge on any atom is 0.199 e. The lowest BCUT2D eigenvalue weighted by atomic mass is 10.00. The minimum Gasteiger partial charge on any atom is -0.493 e. The van der Waals surface area contributed by atoms with Crippen LogP contribution in [-0.2, 0) is 0 Å². The van der Waals surface area contributed by atoms with E-state index >= 15 is 0 Å². The molecule has 0 spiro atoms. The topological polar surface area (TPSA) is 26.3 Å². The molecule has 0 atom stereocenters. The van der Waals surface area contributed by atoms with Gasteiger partial charge in [0.1, 0.15) is 17.4 Å². The number of carbonyl (C=O) groups excluding carboxylic acids is 1. The molecule has 110 valence electrons. The highest BCUT2D eigenvalue weighted by molar-refractivity contribution is 6.31. The predicted molar refractivity (Wildman–Crippen MR) is 77.1 cm³/mol. The summed E-state index contributed by atoms with van der Waals surface area (Å²) in [5.41, 5.74) is 0.637. The molecule has 0 aliphatic carbocycles. The number of rotatable bonds is 4. The van der Waals surface area contributed by atoms with Crippen molar-refractivity contribution in [2.75, 3.05) is 6.61 Å². The number of carbonyl (C=O) groups is 1. The van der Waals surface area contributed by atoms with E-state index in [0.717, 1.165) is 17.7 Å². The van der Waals surface area contributed by atoms with E-state index in [0.29, 0.717) is 12.4 Å². The summed E-state index contributed by atoms with van der Waals surface area (Å²) in [7, 11) is 0. The third-order valence-corrected chi connectivity index (χ3v) is 3.22. The maximum absolute atomic E-state index is 13.9. The summed E-state index contributed by atoms with van der Waals surface area (Å²) in [5.74, 6) is -2.01. The highest BCUT2D eigenvalue weighted by Gasteiger charge is 2.20. The van der Waals surface area contributed by atoms with E-state index in [-0.39, 0.29) is 16.1 Å². The Balaban J connectivity index is 2.54. The third kappa shape index (κ3) is 3.22. The minimum atomic E-state index is -0.865. The molecule has 2 rings (SSSR count). The van der Waals surface area contributed by atoms with Crippen molar-refractivity contribution in [2.24, 2.45) is 0 Å². The number of aryl methyl sites for hydroxylation is 1. The van der Waals surface area contributed by atoms with E-state index in [4.69, 9.17) is 16.3 Å². The van der Waals surface area contributed by atoms with Crippen molar-refractivity contribution in [1.82, 2.24) is 0 Å². The van der Waals surface area contributed by atoms with Gasteiger partial charge >= 0.3 is 0 Å². The average Bonchev–Trinajstić information content (AvgIpc) is 2.44. The van der Waals surface area contributed by atoms with Crippen LogP contribution in [0.2, 0.25) is 5.02 Å². The van der Waals surface area contributed by atoms with Crippen molar-refractivity contribution in [3.63, 3.8) is 0 Å². The van der Waals surface area contributed by atoms with Crippen LogP contribution in [0, 0.1) is 18.6 Å². The molecule has 0 fully saturated rings. The molecule has 0 aromatic heterocycles. The van der Waals surface area contributed by atoms with E-state index < -0.39 is 17.4 Å². The molecule has 0 heterocycles. The van der Waals surface area contributed by atoms with Crippen molar-refractivity contribution in [3.05, 3.63) is 63.7 Å². The van der Waals surface area contributed by atoms with Crippen LogP contribution < -0.4 is 4.74 Å². The predicted octanol–water partition coefficient (Wildman–Crippen LogP) is 4.56. The molecule has 0 aliphatic rings. The Bertz CT molecular complexity index is 699. The lowest BCUT2D eigenvalue weighted by molar-refractivity contribution is 0.103. The smallest absolute Gasteiger partial charge is 0.199 e. The molecular formula is C16H13ClF2O2. The van der Waals surface area contributed by atoms with Gasteiger partial charge in [0.15, 0.2) is 5.78 Å². The number of hydrogen-bond acceptors (Lipinski definition) is 2. The molecule has 0 saturated heterocycles. The first-order valence-corrected chi connectivity index (χ1v) is 6.74. The van der Waals surface area contributed by atoms with Gasteiger partial charge in [-0.1, -0.05) is 23.2 Å².